The van der Waals surface area contributed by atoms with E-state index in [4.69, 9.17) is 4.74 Å². The van der Waals surface area contributed by atoms with E-state index < -0.39 is 0 Å². The monoisotopic (exact) mass is 343 g/mol. The lowest BCUT2D eigenvalue weighted by molar-refractivity contribution is 0.0346. The summed E-state index contributed by atoms with van der Waals surface area (Å²) in [6.45, 7) is 2.84. The highest BCUT2D eigenvalue weighted by molar-refractivity contribution is 5.54. The van der Waals surface area contributed by atoms with Gasteiger partial charge >= 0.3 is 0 Å². The van der Waals surface area contributed by atoms with Crippen LogP contribution in [-0.4, -0.2) is 34.8 Å². The van der Waals surface area contributed by atoms with Gasteiger partial charge in [-0.15, -0.1) is 0 Å². The second-order valence-electron chi connectivity index (χ2n) is 7.12. The molecule has 2 N–H and O–H groups in total. The number of aromatic nitrogens is 2. The Balaban J connectivity index is 1.60. The summed E-state index contributed by atoms with van der Waals surface area (Å²) in [6.07, 6.45) is 12.4. The molecule has 25 heavy (non-hydrogen) atoms. The number of rotatable bonds is 6. The SMILES string of the molecule is CCO[C@H]1CC[C@H](Nc2ncc(C#N)c(NC3CCCCC3)n2)CC1. The topological polar surface area (TPSA) is 82.9 Å². The first-order chi connectivity index (χ1) is 12.3. The minimum Gasteiger partial charge on any atom is -0.379 e. The molecule has 1 heterocycles. The highest BCUT2D eigenvalue weighted by atomic mass is 16.5. The Bertz CT molecular complexity index is 586. The van der Waals surface area contributed by atoms with Gasteiger partial charge in [-0.1, -0.05) is 19.3 Å². The zero-order valence-electron chi connectivity index (χ0n) is 15.1. The van der Waals surface area contributed by atoms with Crippen molar-refractivity contribution < 1.29 is 4.74 Å². The zero-order valence-corrected chi connectivity index (χ0v) is 15.1. The lowest BCUT2D eigenvalue weighted by Gasteiger charge is -2.29. The van der Waals surface area contributed by atoms with E-state index in [1.54, 1.807) is 6.20 Å². The summed E-state index contributed by atoms with van der Waals surface area (Å²) in [7, 11) is 0. The molecule has 0 radical (unpaired) electrons. The fraction of sp³-hybridized carbons (Fsp3) is 0.737. The average Bonchev–Trinajstić information content (AvgIpc) is 2.65. The average molecular weight is 343 g/mol. The van der Waals surface area contributed by atoms with Gasteiger partial charge in [0.1, 0.15) is 17.5 Å². The number of ether oxygens (including phenoxy) is 1. The van der Waals surface area contributed by atoms with Crippen LogP contribution in [0.1, 0.15) is 70.3 Å². The lowest BCUT2D eigenvalue weighted by Crippen LogP contribution is -2.30. The van der Waals surface area contributed by atoms with Crippen molar-refractivity contribution in [3.8, 4) is 6.07 Å². The van der Waals surface area contributed by atoms with Crippen molar-refractivity contribution in [3.63, 3.8) is 0 Å². The molecule has 0 aliphatic heterocycles. The second kappa shape index (κ2) is 9.00. The van der Waals surface area contributed by atoms with Crippen LogP contribution in [0.3, 0.4) is 0 Å². The minimum absolute atomic E-state index is 0.382. The smallest absolute Gasteiger partial charge is 0.224 e. The largest absolute Gasteiger partial charge is 0.379 e. The molecular formula is C19H29N5O. The molecule has 6 heteroatoms. The van der Waals surface area contributed by atoms with Crippen molar-refractivity contribution in [1.29, 1.82) is 5.26 Å². The summed E-state index contributed by atoms with van der Waals surface area (Å²) < 4.78 is 5.71. The van der Waals surface area contributed by atoms with Crippen LogP contribution in [0.25, 0.3) is 0 Å². The predicted octanol–water partition coefficient (Wildman–Crippen LogP) is 3.85. The molecule has 136 valence electrons. The molecule has 0 amide bonds. The standard InChI is InChI=1S/C19H29N5O/c1-2-25-17-10-8-16(9-11-17)23-19-21-13-14(12-20)18(24-19)22-15-6-4-3-5-7-15/h13,15-17H,2-11H2,1H3,(H2,21,22,23,24)/t16-,17-. The van der Waals surface area contributed by atoms with Crippen LogP contribution in [0.4, 0.5) is 11.8 Å². The van der Waals surface area contributed by atoms with Crippen LogP contribution in [0.2, 0.25) is 0 Å². The summed E-state index contributed by atoms with van der Waals surface area (Å²) >= 11 is 0. The third-order valence-corrected chi connectivity index (χ3v) is 5.27. The van der Waals surface area contributed by atoms with Gasteiger partial charge in [-0.3, -0.25) is 0 Å². The number of anilines is 2. The molecule has 0 saturated heterocycles. The minimum atomic E-state index is 0.382. The van der Waals surface area contributed by atoms with Gasteiger partial charge in [0.15, 0.2) is 0 Å². The van der Waals surface area contributed by atoms with E-state index in [2.05, 4.69) is 33.6 Å². The summed E-state index contributed by atoms with van der Waals surface area (Å²) in [5.41, 5.74) is 0.524. The second-order valence-corrected chi connectivity index (χ2v) is 7.12. The third kappa shape index (κ3) is 5.05. The summed E-state index contributed by atoms with van der Waals surface area (Å²) in [5, 5.41) is 16.2. The van der Waals surface area contributed by atoms with Gasteiger partial charge in [0.05, 0.1) is 12.3 Å². The van der Waals surface area contributed by atoms with Crippen LogP contribution in [-0.2, 0) is 4.74 Å². The van der Waals surface area contributed by atoms with Gasteiger partial charge < -0.3 is 15.4 Å². The molecule has 0 bridgehead atoms. The quantitative estimate of drug-likeness (QED) is 0.816. The molecular weight excluding hydrogens is 314 g/mol. The van der Waals surface area contributed by atoms with E-state index in [1.165, 1.54) is 19.3 Å². The number of nitrogens with one attached hydrogen (secondary N) is 2. The van der Waals surface area contributed by atoms with Crippen LogP contribution < -0.4 is 10.6 Å². The van der Waals surface area contributed by atoms with Gasteiger partial charge in [-0.25, -0.2) is 4.98 Å². The summed E-state index contributed by atoms with van der Waals surface area (Å²) in [5.74, 6) is 1.30. The van der Waals surface area contributed by atoms with Crippen molar-refractivity contribution in [3.05, 3.63) is 11.8 Å². The highest BCUT2D eigenvalue weighted by Gasteiger charge is 2.22. The fourth-order valence-electron chi connectivity index (χ4n) is 3.88. The van der Waals surface area contributed by atoms with Gasteiger partial charge in [-0.2, -0.15) is 10.2 Å². The Kier molecular flexibility index (Phi) is 6.46. The van der Waals surface area contributed by atoms with Crippen LogP contribution in [0.5, 0.6) is 0 Å². The van der Waals surface area contributed by atoms with E-state index in [-0.39, 0.29) is 0 Å². The van der Waals surface area contributed by atoms with Crippen molar-refractivity contribution in [2.45, 2.75) is 82.9 Å². The zero-order chi connectivity index (χ0) is 17.5. The first-order valence-electron chi connectivity index (χ1n) is 9.70. The van der Waals surface area contributed by atoms with Crippen LogP contribution in [0.15, 0.2) is 6.20 Å². The predicted molar refractivity (Wildman–Crippen MR) is 98.5 cm³/mol. The third-order valence-electron chi connectivity index (χ3n) is 5.27. The molecule has 6 nitrogen and oxygen atoms in total. The van der Waals surface area contributed by atoms with Crippen molar-refractivity contribution in [2.24, 2.45) is 0 Å². The molecule has 0 atom stereocenters. The molecule has 1 aromatic rings. The normalized spacial score (nSPS) is 24.5. The van der Waals surface area contributed by atoms with E-state index in [0.29, 0.717) is 35.5 Å². The van der Waals surface area contributed by atoms with E-state index in [1.807, 2.05) is 0 Å². The summed E-state index contributed by atoms with van der Waals surface area (Å²) in [4.78, 5) is 8.94. The molecule has 3 rings (SSSR count). The maximum atomic E-state index is 9.34. The Morgan fingerprint density at radius 2 is 1.80 bits per heavy atom. The first-order valence-corrected chi connectivity index (χ1v) is 9.70. The molecule has 0 aromatic carbocycles. The highest BCUT2D eigenvalue weighted by Crippen LogP contribution is 2.25. The van der Waals surface area contributed by atoms with Gasteiger partial charge in [0, 0.05) is 18.7 Å². The summed E-state index contributed by atoms with van der Waals surface area (Å²) in [6, 6.07) is 3.01. The van der Waals surface area contributed by atoms with Crippen molar-refractivity contribution in [1.82, 2.24) is 9.97 Å². The number of nitriles is 1. The van der Waals surface area contributed by atoms with Crippen LogP contribution in [0, 0.1) is 11.3 Å². The Labute approximate surface area is 150 Å². The van der Waals surface area contributed by atoms with E-state index >= 15 is 0 Å². The molecule has 2 saturated carbocycles. The molecule has 2 fully saturated rings. The van der Waals surface area contributed by atoms with Gasteiger partial charge in [-0.05, 0) is 45.4 Å². The molecule has 0 unspecified atom stereocenters. The lowest BCUT2D eigenvalue weighted by atomic mass is 9.93. The van der Waals surface area contributed by atoms with E-state index in [0.717, 1.165) is 45.1 Å². The van der Waals surface area contributed by atoms with Crippen molar-refractivity contribution >= 4 is 11.8 Å². The van der Waals surface area contributed by atoms with Crippen molar-refractivity contribution in [2.75, 3.05) is 17.2 Å². The molecule has 2 aliphatic rings. The molecule has 1 aromatic heterocycles. The molecule has 0 spiro atoms. The number of hydrogen-bond donors (Lipinski definition) is 2. The maximum Gasteiger partial charge on any atom is 0.224 e. The Morgan fingerprint density at radius 3 is 2.48 bits per heavy atom. The van der Waals surface area contributed by atoms with Gasteiger partial charge in [0.2, 0.25) is 5.95 Å². The Morgan fingerprint density at radius 1 is 1.08 bits per heavy atom. The molecule has 2 aliphatic carbocycles. The fourth-order valence-corrected chi connectivity index (χ4v) is 3.88. The maximum absolute atomic E-state index is 9.34. The number of nitrogens with zero attached hydrogens (tertiary/aromatic N) is 3. The van der Waals surface area contributed by atoms with Gasteiger partial charge in [0.25, 0.3) is 0 Å². The van der Waals surface area contributed by atoms with Crippen LogP contribution >= 0.6 is 0 Å². The van der Waals surface area contributed by atoms with E-state index in [9.17, 15) is 5.26 Å². The Hall–Kier alpha value is -1.87. The first kappa shape index (κ1) is 17.9. The number of hydrogen-bond acceptors (Lipinski definition) is 6.